The molecule has 0 bridgehead atoms. The fraction of sp³-hybridized carbons (Fsp3) is 0.113. The molecule has 0 saturated heterocycles. The molecule has 3 heterocycles. The molecule has 0 radical (unpaired) electrons. The van der Waals surface area contributed by atoms with Gasteiger partial charge < -0.3 is 14.4 Å². The number of para-hydroxylation sites is 1. The summed E-state index contributed by atoms with van der Waals surface area (Å²) in [7, 11) is 0. The quantitative estimate of drug-likeness (QED) is 0.113. The van der Waals surface area contributed by atoms with E-state index >= 15 is 0 Å². The second-order valence-corrected chi connectivity index (χ2v) is 35.9. The van der Waals surface area contributed by atoms with Crippen molar-refractivity contribution < 1.29 is 0 Å². The Labute approximate surface area is 700 Å². The molecule has 1 aliphatic carbocycles. The molecule has 119 heavy (non-hydrogen) atoms. The molecule has 0 saturated carbocycles. The van der Waals surface area contributed by atoms with Gasteiger partial charge in [0.1, 0.15) is 0 Å². The van der Waals surface area contributed by atoms with E-state index in [-0.39, 0.29) is 23.0 Å². The second-order valence-electron chi connectivity index (χ2n) is 35.9. The third kappa shape index (κ3) is 12.0. The van der Waals surface area contributed by atoms with Crippen molar-refractivity contribution in [1.29, 1.82) is 0 Å². The van der Waals surface area contributed by atoms with Gasteiger partial charge in [0.25, 0.3) is 6.71 Å². The van der Waals surface area contributed by atoms with Crippen molar-refractivity contribution >= 4 is 79.0 Å². The van der Waals surface area contributed by atoms with E-state index in [9.17, 15) is 0 Å². The Hall–Kier alpha value is -13.8. The molecule has 0 atom stereocenters. The Balaban J connectivity index is 0.929. The van der Waals surface area contributed by atoms with Crippen LogP contribution in [-0.2, 0) is 21.7 Å². The highest BCUT2D eigenvalue weighted by atomic mass is 15.2. The van der Waals surface area contributed by atoms with Gasteiger partial charge in [0.05, 0.1) is 27.8 Å². The summed E-state index contributed by atoms with van der Waals surface area (Å²) in [4.78, 5) is 5.49. The van der Waals surface area contributed by atoms with Crippen LogP contribution in [0.4, 0.5) is 34.1 Å². The SMILES string of the molecule is CC(C)(C)c1cc(-c2ccc3c(c2)N(c2c(-c4ccccc4)cc(-c4ccccc4)cc2-c2ccccc2)c2cc(C(C)(C)C)cc4c2B3c2ccc(-n3c5ccccc5c5c6c(ccc53)-c3ccccc3C6(c3ccccc3)c3ccccc3)cc2N4c2c(-c3ccccc3)cc(-c3ccccc3)cc2-c2ccccc2)cc(C(C)(C)C)c1. The Morgan fingerprint density at radius 3 is 1.08 bits per heavy atom. The lowest BCUT2D eigenvalue weighted by Crippen LogP contribution is -2.61. The molecular weight excluding hydrogens is 1430 g/mol. The van der Waals surface area contributed by atoms with Crippen LogP contribution in [0.25, 0.3) is 117 Å². The number of nitrogens with zero attached hydrogens (tertiary/aromatic N) is 3. The van der Waals surface area contributed by atoms with Crippen LogP contribution in [0.2, 0.25) is 0 Å². The van der Waals surface area contributed by atoms with Gasteiger partial charge in [-0.25, -0.2) is 0 Å². The molecule has 3 nitrogen and oxygen atoms in total. The van der Waals surface area contributed by atoms with Crippen LogP contribution in [0.15, 0.2) is 394 Å². The first-order valence-electron chi connectivity index (χ1n) is 42.2. The Kier molecular flexibility index (Phi) is 17.3. The van der Waals surface area contributed by atoms with Gasteiger partial charge in [0.2, 0.25) is 0 Å². The molecule has 18 aromatic rings. The first-order chi connectivity index (χ1) is 57.9. The van der Waals surface area contributed by atoms with Crippen LogP contribution >= 0.6 is 0 Å². The molecular formula is C115H92BN3. The average Bonchev–Trinajstić information content (AvgIpc) is 1.50. The van der Waals surface area contributed by atoms with Gasteiger partial charge in [0, 0.05) is 61.5 Å². The van der Waals surface area contributed by atoms with E-state index in [4.69, 9.17) is 0 Å². The Bertz CT molecular complexity index is 6800. The molecule has 2 aliphatic heterocycles. The minimum atomic E-state index is -0.657. The Morgan fingerprint density at radius 2 is 0.630 bits per heavy atom. The lowest BCUT2D eigenvalue weighted by Gasteiger charge is -2.46. The van der Waals surface area contributed by atoms with Crippen molar-refractivity contribution in [3.63, 3.8) is 0 Å². The summed E-state index contributed by atoms with van der Waals surface area (Å²) in [5, 5.41) is 2.45. The molecule has 0 fully saturated rings. The largest absolute Gasteiger partial charge is 0.310 e. The summed E-state index contributed by atoms with van der Waals surface area (Å²) >= 11 is 0. The van der Waals surface area contributed by atoms with Crippen LogP contribution < -0.4 is 26.2 Å². The maximum Gasteiger partial charge on any atom is 0.252 e. The normalized spacial score (nSPS) is 13.3. The molecule has 570 valence electrons. The van der Waals surface area contributed by atoms with Crippen molar-refractivity contribution in [3.8, 4) is 94.7 Å². The summed E-state index contributed by atoms with van der Waals surface area (Å²) in [6.45, 7) is 21.1. The van der Waals surface area contributed by atoms with E-state index in [1.807, 2.05) is 0 Å². The maximum absolute atomic E-state index is 2.75. The van der Waals surface area contributed by atoms with Crippen molar-refractivity contribution in [3.05, 3.63) is 433 Å². The summed E-state index contributed by atoms with van der Waals surface area (Å²) in [6, 6.07) is 150. The number of hydrogen-bond donors (Lipinski definition) is 0. The third-order valence-electron chi connectivity index (χ3n) is 25.6. The summed E-state index contributed by atoms with van der Waals surface area (Å²) < 4.78 is 2.60. The molecule has 0 amide bonds. The summed E-state index contributed by atoms with van der Waals surface area (Å²) in [5.74, 6) is 0. The van der Waals surface area contributed by atoms with Crippen LogP contribution in [-0.4, -0.2) is 11.3 Å². The van der Waals surface area contributed by atoms with Gasteiger partial charge in [-0.1, -0.05) is 390 Å². The topological polar surface area (TPSA) is 11.4 Å². The smallest absolute Gasteiger partial charge is 0.252 e. The predicted molar refractivity (Wildman–Crippen MR) is 506 cm³/mol. The molecule has 0 N–H and O–H groups in total. The van der Waals surface area contributed by atoms with Crippen LogP contribution in [0.5, 0.6) is 0 Å². The fourth-order valence-corrected chi connectivity index (χ4v) is 19.8. The van der Waals surface area contributed by atoms with E-state index in [1.54, 1.807) is 0 Å². The van der Waals surface area contributed by atoms with Crippen LogP contribution in [0.1, 0.15) is 101 Å². The monoisotopic (exact) mass is 1530 g/mol. The lowest BCUT2D eigenvalue weighted by atomic mass is 9.33. The predicted octanol–water partition coefficient (Wildman–Crippen LogP) is 28.8. The molecule has 0 unspecified atom stereocenters. The molecule has 3 aliphatic rings. The first kappa shape index (κ1) is 72.9. The molecule has 1 aromatic heterocycles. The van der Waals surface area contributed by atoms with Crippen molar-refractivity contribution in [2.75, 3.05) is 9.80 Å². The summed E-state index contributed by atoms with van der Waals surface area (Å²) in [5.41, 5.74) is 40.0. The fourth-order valence-electron chi connectivity index (χ4n) is 19.8. The number of rotatable bonds is 12. The molecule has 0 spiro atoms. The van der Waals surface area contributed by atoms with Crippen molar-refractivity contribution in [1.82, 2.24) is 4.57 Å². The molecule has 21 rings (SSSR count). The van der Waals surface area contributed by atoms with Gasteiger partial charge in [-0.05, 0) is 205 Å². The molecule has 4 heteroatoms. The minimum Gasteiger partial charge on any atom is -0.310 e. The van der Waals surface area contributed by atoms with Gasteiger partial charge >= 0.3 is 0 Å². The zero-order valence-corrected chi connectivity index (χ0v) is 68.9. The highest BCUT2D eigenvalue weighted by molar-refractivity contribution is 7.00. The van der Waals surface area contributed by atoms with Gasteiger partial charge in [-0.3, -0.25) is 0 Å². The van der Waals surface area contributed by atoms with Crippen molar-refractivity contribution in [2.45, 2.75) is 84.0 Å². The number of benzene rings is 17. The number of hydrogen-bond acceptors (Lipinski definition) is 2. The number of aromatic nitrogens is 1. The summed E-state index contributed by atoms with van der Waals surface area (Å²) in [6.07, 6.45) is 0. The molecule has 17 aromatic carbocycles. The lowest BCUT2D eigenvalue weighted by molar-refractivity contribution is 0.569. The minimum absolute atomic E-state index is 0.121. The standard InChI is InChI=1S/C115H92BN3/c1-112(2,3)87-64-82(65-88(71-87)113(4,5)6)81-58-61-99-103(70-81)118(110-94(77-42-22-12-23-43-77)66-83(75-38-18-10-19-39-75)67-95(110)78-44-24-13-25-45-78)105-72-89(114(7,8)9)73-106-109(105)116(99)100-62-59-90(74-104(100)119(106)111-96(79-46-26-14-27-47-79)68-84(76-40-20-11-21-41-76)69-97(111)80-48-28-15-29-49-80)117-101-57-37-35-55-93(101)107-102(117)63-60-92-91-54-34-36-56-98(91)115(108(92)107,85-50-30-16-31-51-85)86-52-32-17-33-53-86/h10-74H,1-9H3. The second kappa shape index (κ2) is 28.3. The zero-order chi connectivity index (χ0) is 80.6. The highest BCUT2D eigenvalue weighted by Gasteiger charge is 2.50. The van der Waals surface area contributed by atoms with Gasteiger partial charge in [0.15, 0.2) is 0 Å². The van der Waals surface area contributed by atoms with Crippen LogP contribution in [0.3, 0.4) is 0 Å². The van der Waals surface area contributed by atoms with E-state index < -0.39 is 5.41 Å². The third-order valence-corrected chi connectivity index (χ3v) is 25.6. The van der Waals surface area contributed by atoms with Crippen LogP contribution in [0, 0.1) is 0 Å². The van der Waals surface area contributed by atoms with E-state index in [2.05, 4.69) is 471 Å². The Morgan fingerprint density at radius 1 is 0.252 bits per heavy atom. The van der Waals surface area contributed by atoms with E-state index in [0.717, 1.165) is 118 Å². The van der Waals surface area contributed by atoms with Gasteiger partial charge in [-0.15, -0.1) is 0 Å². The highest BCUT2D eigenvalue weighted by Crippen LogP contribution is 2.61. The zero-order valence-electron chi connectivity index (χ0n) is 68.9. The van der Waals surface area contributed by atoms with E-state index in [1.165, 1.54) is 88.4 Å². The van der Waals surface area contributed by atoms with E-state index in [0.29, 0.717) is 0 Å². The van der Waals surface area contributed by atoms with Gasteiger partial charge in [-0.2, -0.15) is 0 Å². The average molecular weight is 1530 g/mol. The maximum atomic E-state index is 2.75. The first-order valence-corrected chi connectivity index (χ1v) is 42.2. The van der Waals surface area contributed by atoms with Crippen molar-refractivity contribution in [2.24, 2.45) is 0 Å². The number of fused-ring (bicyclic) bond motifs is 11. The number of anilines is 6.